The molecule has 28 heavy (non-hydrogen) atoms. The molecule has 0 saturated carbocycles. The number of nitrogens with one attached hydrogen (secondary N) is 1. The molecule has 1 aromatic carbocycles. The molecule has 0 bridgehead atoms. The fraction of sp³-hybridized carbons (Fsp3) is 0.368. The minimum absolute atomic E-state index is 0.0295. The second-order valence-corrected chi connectivity index (χ2v) is 8.53. The molecule has 150 valence electrons. The van der Waals surface area contributed by atoms with Crippen LogP contribution in [0, 0.1) is 0 Å². The van der Waals surface area contributed by atoms with Crippen LogP contribution in [0.1, 0.15) is 28.9 Å². The van der Waals surface area contributed by atoms with Gasteiger partial charge in [0.2, 0.25) is 15.9 Å². The summed E-state index contributed by atoms with van der Waals surface area (Å²) in [5.74, 6) is -0.948. The van der Waals surface area contributed by atoms with Crippen LogP contribution in [0.3, 0.4) is 0 Å². The molecule has 2 heterocycles. The molecule has 3 rings (SSSR count). The van der Waals surface area contributed by atoms with Crippen LogP contribution in [0.15, 0.2) is 47.5 Å². The summed E-state index contributed by atoms with van der Waals surface area (Å²) in [6.45, 7) is 0.593. The highest BCUT2D eigenvalue weighted by molar-refractivity contribution is 7.89. The maximum Gasteiger partial charge on any atom is 0.354 e. The normalized spacial score (nSPS) is 17.4. The van der Waals surface area contributed by atoms with E-state index in [1.165, 1.54) is 28.2 Å². The summed E-state index contributed by atoms with van der Waals surface area (Å²) in [5.41, 5.74) is 1.07. The molecule has 2 aromatic rings. The smallest absolute Gasteiger partial charge is 0.354 e. The zero-order chi connectivity index (χ0) is 20.3. The topological polar surface area (TPSA) is 97.7 Å². The molecular formula is C19H23N3O5S. The molecule has 0 spiro atoms. The number of hydrogen-bond donors (Lipinski definition) is 1. The van der Waals surface area contributed by atoms with Gasteiger partial charge in [-0.05, 0) is 24.5 Å². The Morgan fingerprint density at radius 3 is 2.64 bits per heavy atom. The molecule has 1 amide bonds. The van der Waals surface area contributed by atoms with Crippen LogP contribution in [-0.4, -0.2) is 48.9 Å². The van der Waals surface area contributed by atoms with E-state index in [1.807, 2.05) is 30.3 Å². The van der Waals surface area contributed by atoms with Crippen molar-refractivity contribution in [3.8, 4) is 0 Å². The number of carbonyl (C=O) groups excluding carboxylic acids is 2. The van der Waals surface area contributed by atoms with Crippen molar-refractivity contribution < 1.29 is 22.7 Å². The minimum Gasteiger partial charge on any atom is -0.464 e. The van der Waals surface area contributed by atoms with E-state index in [2.05, 4.69) is 10.1 Å². The SMILES string of the molecule is COC(=O)c1cc(S(=O)(=O)N2CCCC2C(=O)NCc2ccccc2)cn1C. The van der Waals surface area contributed by atoms with Gasteiger partial charge in [0.1, 0.15) is 16.6 Å². The summed E-state index contributed by atoms with van der Waals surface area (Å²) in [7, 11) is -1.11. The van der Waals surface area contributed by atoms with E-state index in [0.717, 1.165) is 5.56 Å². The molecule has 1 unspecified atom stereocenters. The van der Waals surface area contributed by atoms with Crippen molar-refractivity contribution in [3.63, 3.8) is 0 Å². The Balaban J connectivity index is 1.77. The third kappa shape index (κ3) is 3.95. The van der Waals surface area contributed by atoms with Crippen molar-refractivity contribution in [3.05, 3.63) is 53.9 Å². The second kappa shape index (κ2) is 8.15. The zero-order valence-corrected chi connectivity index (χ0v) is 16.6. The highest BCUT2D eigenvalue weighted by atomic mass is 32.2. The number of esters is 1. The van der Waals surface area contributed by atoms with Gasteiger partial charge >= 0.3 is 5.97 Å². The highest BCUT2D eigenvalue weighted by Gasteiger charge is 2.40. The predicted molar refractivity (Wildman–Crippen MR) is 102 cm³/mol. The average Bonchev–Trinajstić information content (AvgIpc) is 3.34. The zero-order valence-electron chi connectivity index (χ0n) is 15.8. The fourth-order valence-corrected chi connectivity index (χ4v) is 5.04. The first kappa shape index (κ1) is 20.1. The summed E-state index contributed by atoms with van der Waals surface area (Å²) in [6, 6.07) is 9.93. The molecule has 1 N–H and O–H groups in total. The van der Waals surface area contributed by atoms with E-state index in [1.54, 1.807) is 7.05 Å². The van der Waals surface area contributed by atoms with E-state index in [-0.39, 0.29) is 23.0 Å². The van der Waals surface area contributed by atoms with E-state index in [4.69, 9.17) is 0 Å². The van der Waals surface area contributed by atoms with Crippen molar-refractivity contribution in [2.45, 2.75) is 30.3 Å². The Morgan fingerprint density at radius 1 is 1.25 bits per heavy atom. The summed E-state index contributed by atoms with van der Waals surface area (Å²) in [5, 5.41) is 2.81. The first-order valence-corrected chi connectivity index (χ1v) is 10.4. The van der Waals surface area contributed by atoms with Crippen LogP contribution < -0.4 is 5.32 Å². The van der Waals surface area contributed by atoms with E-state index in [9.17, 15) is 18.0 Å². The number of aromatic nitrogens is 1. The maximum atomic E-state index is 13.1. The van der Waals surface area contributed by atoms with Crippen molar-refractivity contribution in [1.29, 1.82) is 0 Å². The third-order valence-corrected chi connectivity index (χ3v) is 6.67. The molecule has 1 saturated heterocycles. The van der Waals surface area contributed by atoms with Crippen LogP contribution in [-0.2, 0) is 33.1 Å². The number of aryl methyl sites for hydroxylation is 1. The molecule has 1 aliphatic heterocycles. The van der Waals surface area contributed by atoms with Gasteiger partial charge in [-0.25, -0.2) is 13.2 Å². The molecule has 1 aliphatic rings. The van der Waals surface area contributed by atoms with Gasteiger partial charge in [-0.3, -0.25) is 4.79 Å². The molecule has 0 aliphatic carbocycles. The van der Waals surface area contributed by atoms with Crippen LogP contribution in [0.2, 0.25) is 0 Å². The first-order valence-electron chi connectivity index (χ1n) is 8.92. The lowest BCUT2D eigenvalue weighted by Crippen LogP contribution is -2.45. The van der Waals surface area contributed by atoms with Gasteiger partial charge in [-0.15, -0.1) is 0 Å². The van der Waals surface area contributed by atoms with Gasteiger partial charge in [0.15, 0.2) is 0 Å². The molecule has 8 nitrogen and oxygen atoms in total. The summed E-state index contributed by atoms with van der Waals surface area (Å²) in [4.78, 5) is 24.4. The molecule has 1 atom stereocenters. The van der Waals surface area contributed by atoms with Gasteiger partial charge in [-0.2, -0.15) is 4.31 Å². The Morgan fingerprint density at radius 2 is 1.96 bits per heavy atom. The van der Waals surface area contributed by atoms with Crippen LogP contribution in [0.25, 0.3) is 0 Å². The van der Waals surface area contributed by atoms with Gasteiger partial charge in [0, 0.05) is 26.3 Å². The standard InChI is InChI=1S/C19H23N3O5S/c1-21-13-15(11-17(21)19(24)27-2)28(25,26)22-10-6-9-16(22)18(23)20-12-14-7-4-3-5-8-14/h3-5,7-8,11,13,16H,6,9-10,12H2,1-2H3,(H,20,23). The van der Waals surface area contributed by atoms with Crippen molar-refractivity contribution in [2.24, 2.45) is 7.05 Å². The lowest BCUT2D eigenvalue weighted by Gasteiger charge is -2.22. The van der Waals surface area contributed by atoms with E-state index < -0.39 is 22.0 Å². The number of methoxy groups -OCH3 is 1. The van der Waals surface area contributed by atoms with Gasteiger partial charge in [-0.1, -0.05) is 30.3 Å². The number of carbonyl (C=O) groups is 2. The monoisotopic (exact) mass is 405 g/mol. The Labute approximate surface area is 164 Å². The van der Waals surface area contributed by atoms with Crippen LogP contribution in [0.4, 0.5) is 0 Å². The van der Waals surface area contributed by atoms with Gasteiger partial charge in [0.05, 0.1) is 7.11 Å². The molecular weight excluding hydrogens is 382 g/mol. The Kier molecular flexibility index (Phi) is 5.85. The quantitative estimate of drug-likeness (QED) is 0.730. The number of amides is 1. The number of rotatable bonds is 6. The molecule has 0 radical (unpaired) electrons. The van der Waals surface area contributed by atoms with Crippen molar-refractivity contribution >= 4 is 21.9 Å². The lowest BCUT2D eigenvalue weighted by molar-refractivity contribution is -0.124. The van der Waals surface area contributed by atoms with Crippen molar-refractivity contribution in [1.82, 2.24) is 14.2 Å². The maximum absolute atomic E-state index is 13.1. The third-order valence-electron chi connectivity index (χ3n) is 4.80. The first-order chi connectivity index (χ1) is 13.3. The molecule has 1 aromatic heterocycles. The van der Waals surface area contributed by atoms with Crippen LogP contribution >= 0.6 is 0 Å². The summed E-state index contributed by atoms with van der Waals surface area (Å²) < 4.78 is 33.4. The van der Waals surface area contributed by atoms with Gasteiger partial charge < -0.3 is 14.6 Å². The number of benzene rings is 1. The Hall–Kier alpha value is -2.65. The number of sulfonamides is 1. The number of ether oxygens (including phenoxy) is 1. The average molecular weight is 405 g/mol. The molecule has 1 fully saturated rings. The molecule has 9 heteroatoms. The summed E-state index contributed by atoms with van der Waals surface area (Å²) >= 11 is 0. The second-order valence-electron chi connectivity index (χ2n) is 6.64. The predicted octanol–water partition coefficient (Wildman–Crippen LogP) is 1.28. The number of nitrogens with zero attached hydrogens (tertiary/aromatic N) is 2. The van der Waals surface area contributed by atoms with Crippen LogP contribution in [0.5, 0.6) is 0 Å². The van der Waals surface area contributed by atoms with E-state index in [0.29, 0.717) is 19.4 Å². The largest absolute Gasteiger partial charge is 0.464 e. The summed E-state index contributed by atoms with van der Waals surface area (Å²) in [6.07, 6.45) is 2.41. The van der Waals surface area contributed by atoms with Gasteiger partial charge in [0.25, 0.3) is 0 Å². The fourth-order valence-electron chi connectivity index (χ4n) is 3.31. The highest BCUT2D eigenvalue weighted by Crippen LogP contribution is 2.27. The number of hydrogen-bond acceptors (Lipinski definition) is 5. The lowest BCUT2D eigenvalue weighted by atomic mass is 10.2. The Bertz CT molecular complexity index is 969. The van der Waals surface area contributed by atoms with Crippen molar-refractivity contribution in [2.75, 3.05) is 13.7 Å². The van der Waals surface area contributed by atoms with E-state index >= 15 is 0 Å². The minimum atomic E-state index is -3.92.